The third-order valence-corrected chi connectivity index (χ3v) is 6.85. The van der Waals surface area contributed by atoms with Crippen LogP contribution in [0.2, 0.25) is 0 Å². The van der Waals surface area contributed by atoms with Gasteiger partial charge in [-0.05, 0) is 24.6 Å². The number of ether oxygens (including phenoxy) is 1. The van der Waals surface area contributed by atoms with Crippen LogP contribution in [0.15, 0.2) is 59.5 Å². The van der Waals surface area contributed by atoms with Crippen molar-refractivity contribution in [1.29, 1.82) is 0 Å². The van der Waals surface area contributed by atoms with Crippen molar-refractivity contribution in [3.63, 3.8) is 0 Å². The van der Waals surface area contributed by atoms with Crippen molar-refractivity contribution in [2.75, 3.05) is 13.7 Å². The Morgan fingerprint density at radius 1 is 1.09 bits per heavy atom. The van der Waals surface area contributed by atoms with Gasteiger partial charge in [-0.25, -0.2) is 8.42 Å². The molecule has 3 atom stereocenters. The maximum absolute atomic E-state index is 13.0. The van der Waals surface area contributed by atoms with Gasteiger partial charge in [-0.3, -0.25) is 0 Å². The average Bonchev–Trinajstić information content (AvgIpc) is 3.15. The monoisotopic (exact) mass is 331 g/mol. The van der Waals surface area contributed by atoms with E-state index in [-0.39, 0.29) is 12.5 Å². The van der Waals surface area contributed by atoms with Crippen molar-refractivity contribution in [2.45, 2.75) is 28.5 Å². The maximum atomic E-state index is 13.0. The van der Waals surface area contributed by atoms with Crippen molar-refractivity contribution in [3.8, 4) is 0 Å². The lowest BCUT2D eigenvalue weighted by atomic mass is 10.1. The summed E-state index contributed by atoms with van der Waals surface area (Å²) in [6.45, 7) is 2.21. The van der Waals surface area contributed by atoms with Crippen LogP contribution in [0.4, 0.5) is 0 Å². The lowest BCUT2D eigenvalue weighted by Crippen LogP contribution is -2.35. The third-order valence-electron chi connectivity index (χ3n) is 4.54. The van der Waals surface area contributed by atoms with Crippen molar-refractivity contribution >= 4 is 9.84 Å². The lowest BCUT2D eigenvalue weighted by molar-refractivity contribution is 0.171. The van der Waals surface area contributed by atoms with E-state index in [4.69, 9.17) is 10.5 Å². The molecule has 0 aliphatic heterocycles. The van der Waals surface area contributed by atoms with Gasteiger partial charge in [0.2, 0.25) is 0 Å². The summed E-state index contributed by atoms with van der Waals surface area (Å²) in [7, 11) is -1.96. The number of methoxy groups -OCH3 is 1. The fourth-order valence-corrected chi connectivity index (χ4v) is 5.64. The van der Waals surface area contributed by atoms with Crippen LogP contribution in [0.3, 0.4) is 0 Å². The molecule has 0 heterocycles. The van der Waals surface area contributed by atoms with E-state index in [0.717, 1.165) is 11.1 Å². The summed E-state index contributed by atoms with van der Waals surface area (Å²) in [5, 5.41) is -0.667. The molecule has 0 radical (unpaired) electrons. The van der Waals surface area contributed by atoms with Gasteiger partial charge < -0.3 is 10.5 Å². The molecule has 0 aromatic heterocycles. The molecule has 2 aromatic carbocycles. The second-order valence-corrected chi connectivity index (χ2v) is 8.28. The van der Waals surface area contributed by atoms with E-state index in [1.54, 1.807) is 37.4 Å². The molecule has 0 bridgehead atoms. The van der Waals surface area contributed by atoms with Crippen LogP contribution in [0.25, 0.3) is 0 Å². The molecule has 2 N–H and O–H groups in total. The predicted octanol–water partition coefficient (Wildman–Crippen LogP) is 2.28. The first kappa shape index (κ1) is 16.2. The van der Waals surface area contributed by atoms with E-state index in [1.807, 2.05) is 31.2 Å². The first-order valence-electron chi connectivity index (χ1n) is 7.54. The van der Waals surface area contributed by atoms with E-state index in [0.29, 0.717) is 4.90 Å². The number of hydrogen-bond acceptors (Lipinski definition) is 4. The quantitative estimate of drug-likeness (QED) is 0.912. The van der Waals surface area contributed by atoms with E-state index in [1.165, 1.54) is 0 Å². The highest BCUT2D eigenvalue weighted by Crippen LogP contribution is 2.55. The summed E-state index contributed by atoms with van der Waals surface area (Å²) in [5.74, 6) is -0.256. The summed E-state index contributed by atoms with van der Waals surface area (Å²) < 4.78 is 31.2. The number of aryl methyl sites for hydroxylation is 1. The molecule has 0 saturated heterocycles. The van der Waals surface area contributed by atoms with Crippen molar-refractivity contribution in [1.82, 2.24) is 0 Å². The molecule has 3 rings (SSSR count). The van der Waals surface area contributed by atoms with Gasteiger partial charge >= 0.3 is 0 Å². The number of sulfone groups is 1. The smallest absolute Gasteiger partial charge is 0.183 e. The molecule has 0 amide bonds. The third kappa shape index (κ3) is 2.69. The minimum atomic E-state index is -3.51. The summed E-state index contributed by atoms with van der Waals surface area (Å²) in [4.78, 5) is 0.311. The topological polar surface area (TPSA) is 69.4 Å². The Balaban J connectivity index is 2.01. The number of nitrogens with two attached hydrogens (primary N) is 1. The summed E-state index contributed by atoms with van der Waals surface area (Å²) in [6, 6.07) is 16.4. The van der Waals surface area contributed by atoms with E-state index in [9.17, 15) is 8.42 Å². The van der Waals surface area contributed by atoms with Gasteiger partial charge in [0, 0.05) is 13.0 Å². The molecule has 5 heteroatoms. The molecule has 0 unspecified atom stereocenters. The molecule has 1 aliphatic rings. The minimum absolute atomic E-state index is 0.211. The first-order chi connectivity index (χ1) is 10.9. The molecule has 4 nitrogen and oxygen atoms in total. The standard InChI is InChI=1S/C18H21NO3S/c1-13-8-10-14(11-9-13)16-17(18(16,19)12-22-2)23(20,21)15-6-4-3-5-7-15/h3-11,16-17H,12,19H2,1-2H3/t16-,17-,18-/m0/s1. The summed E-state index contributed by atoms with van der Waals surface area (Å²) in [6.07, 6.45) is 0. The molecule has 0 spiro atoms. The molecule has 1 aliphatic carbocycles. The second kappa shape index (κ2) is 5.74. The van der Waals surface area contributed by atoms with Crippen molar-refractivity contribution in [2.24, 2.45) is 5.73 Å². The summed E-state index contributed by atoms with van der Waals surface area (Å²) in [5.41, 5.74) is 7.62. The zero-order chi connectivity index (χ0) is 16.7. The summed E-state index contributed by atoms with van der Waals surface area (Å²) >= 11 is 0. The Morgan fingerprint density at radius 2 is 1.70 bits per heavy atom. The molecular formula is C18H21NO3S. The van der Waals surface area contributed by atoms with Gasteiger partial charge in [-0.15, -0.1) is 0 Å². The molecule has 2 aromatic rings. The Bertz CT molecular complexity index is 787. The molecular weight excluding hydrogens is 310 g/mol. The Hall–Kier alpha value is -1.69. The van der Waals surface area contributed by atoms with Crippen molar-refractivity contribution in [3.05, 3.63) is 65.7 Å². The molecule has 1 saturated carbocycles. The number of hydrogen-bond donors (Lipinski definition) is 1. The Morgan fingerprint density at radius 3 is 2.26 bits per heavy atom. The largest absolute Gasteiger partial charge is 0.383 e. The highest BCUT2D eigenvalue weighted by atomic mass is 32.2. The van der Waals surface area contributed by atoms with Gasteiger partial charge in [0.25, 0.3) is 0 Å². The number of rotatable bonds is 5. The second-order valence-electron chi connectivity index (χ2n) is 6.21. The van der Waals surface area contributed by atoms with Crippen LogP contribution in [0.5, 0.6) is 0 Å². The van der Waals surface area contributed by atoms with Crippen LogP contribution in [-0.2, 0) is 14.6 Å². The van der Waals surface area contributed by atoms with Crippen LogP contribution in [0, 0.1) is 6.92 Å². The Kier molecular flexibility index (Phi) is 4.04. The van der Waals surface area contributed by atoms with Gasteiger partial charge in [0.05, 0.1) is 22.3 Å². The van der Waals surface area contributed by atoms with Crippen LogP contribution >= 0.6 is 0 Å². The highest BCUT2D eigenvalue weighted by molar-refractivity contribution is 7.92. The van der Waals surface area contributed by atoms with E-state index < -0.39 is 20.6 Å². The zero-order valence-electron chi connectivity index (χ0n) is 13.3. The SMILES string of the molecule is COC[C@]1(N)[C@@H](c2ccc(C)cc2)[C@@H]1S(=O)(=O)c1ccccc1. The molecule has 1 fully saturated rings. The van der Waals surface area contributed by atoms with Gasteiger partial charge in [-0.1, -0.05) is 48.0 Å². The predicted molar refractivity (Wildman–Crippen MR) is 90.1 cm³/mol. The van der Waals surface area contributed by atoms with Crippen molar-refractivity contribution < 1.29 is 13.2 Å². The van der Waals surface area contributed by atoms with E-state index >= 15 is 0 Å². The fourth-order valence-electron chi connectivity index (χ4n) is 3.33. The zero-order valence-corrected chi connectivity index (χ0v) is 14.1. The lowest BCUT2D eigenvalue weighted by Gasteiger charge is -2.11. The fraction of sp³-hybridized carbons (Fsp3) is 0.333. The van der Waals surface area contributed by atoms with E-state index in [2.05, 4.69) is 0 Å². The average molecular weight is 331 g/mol. The molecule has 122 valence electrons. The highest BCUT2D eigenvalue weighted by Gasteiger charge is 2.69. The first-order valence-corrected chi connectivity index (χ1v) is 9.09. The van der Waals surface area contributed by atoms with Gasteiger partial charge in [0.1, 0.15) is 0 Å². The Labute approximate surface area is 137 Å². The minimum Gasteiger partial charge on any atom is -0.383 e. The number of benzene rings is 2. The molecule has 23 heavy (non-hydrogen) atoms. The van der Waals surface area contributed by atoms with Crippen LogP contribution in [0.1, 0.15) is 17.0 Å². The van der Waals surface area contributed by atoms with Gasteiger partial charge in [-0.2, -0.15) is 0 Å². The van der Waals surface area contributed by atoms with Crippen LogP contribution in [-0.4, -0.2) is 32.9 Å². The maximum Gasteiger partial charge on any atom is 0.183 e. The van der Waals surface area contributed by atoms with Crippen LogP contribution < -0.4 is 5.73 Å². The normalized spacial score (nSPS) is 26.9. The van der Waals surface area contributed by atoms with Gasteiger partial charge in [0.15, 0.2) is 9.84 Å².